The standard InChI is InChI=1S/C17H17N3O6S2/c1-26-15-7-6-13(10-14(15)16(18)21)28(24,25)19-8-9-27-17(19)11-2-4-12(5-3-11)20(22)23/h2-7,10,17H,8-9H2,1H3,(H2,18,21). The molecular weight excluding hydrogens is 406 g/mol. The number of methoxy groups -OCH3 is 1. The van der Waals surface area contributed by atoms with Crippen molar-refractivity contribution in [2.45, 2.75) is 10.3 Å². The van der Waals surface area contributed by atoms with Crippen LogP contribution in [0.15, 0.2) is 47.4 Å². The van der Waals surface area contributed by atoms with Gasteiger partial charge in [0.15, 0.2) is 0 Å². The summed E-state index contributed by atoms with van der Waals surface area (Å²) in [5.41, 5.74) is 5.87. The van der Waals surface area contributed by atoms with Crippen LogP contribution < -0.4 is 10.5 Å². The summed E-state index contributed by atoms with van der Waals surface area (Å²) in [6, 6.07) is 9.73. The van der Waals surface area contributed by atoms with Gasteiger partial charge in [-0.05, 0) is 35.9 Å². The molecule has 1 atom stereocenters. The number of benzene rings is 2. The molecule has 1 unspecified atom stereocenters. The lowest BCUT2D eigenvalue weighted by molar-refractivity contribution is -0.384. The Balaban J connectivity index is 1.97. The normalized spacial score (nSPS) is 17.4. The fourth-order valence-electron chi connectivity index (χ4n) is 2.90. The molecule has 1 saturated heterocycles. The quantitative estimate of drug-likeness (QED) is 0.556. The molecule has 1 fully saturated rings. The van der Waals surface area contributed by atoms with Gasteiger partial charge < -0.3 is 10.5 Å². The highest BCUT2D eigenvalue weighted by atomic mass is 32.2. The maximum atomic E-state index is 13.2. The van der Waals surface area contributed by atoms with E-state index in [9.17, 15) is 23.3 Å². The molecule has 0 aromatic heterocycles. The first kappa shape index (κ1) is 20.1. The highest BCUT2D eigenvalue weighted by Gasteiger charge is 2.37. The number of carbonyl (C=O) groups is 1. The summed E-state index contributed by atoms with van der Waals surface area (Å²) in [5, 5.41) is 10.3. The number of nitrogens with two attached hydrogens (primary N) is 1. The van der Waals surface area contributed by atoms with Crippen LogP contribution in [0.25, 0.3) is 0 Å². The first-order valence-corrected chi connectivity index (χ1v) is 10.6. The number of primary amides is 1. The van der Waals surface area contributed by atoms with Crippen LogP contribution in [-0.4, -0.2) is 43.0 Å². The third-order valence-electron chi connectivity index (χ3n) is 4.28. The molecule has 1 aliphatic rings. The van der Waals surface area contributed by atoms with Crippen LogP contribution in [0, 0.1) is 10.1 Å². The Morgan fingerprint density at radius 2 is 1.96 bits per heavy atom. The first-order chi connectivity index (χ1) is 13.3. The number of nitrogens with zero attached hydrogens (tertiary/aromatic N) is 2. The van der Waals surface area contributed by atoms with Crippen LogP contribution in [0.5, 0.6) is 5.75 Å². The van der Waals surface area contributed by atoms with Gasteiger partial charge in [0.05, 0.1) is 27.9 Å². The van der Waals surface area contributed by atoms with Gasteiger partial charge >= 0.3 is 0 Å². The molecule has 0 saturated carbocycles. The summed E-state index contributed by atoms with van der Waals surface area (Å²) < 4.78 is 32.7. The Morgan fingerprint density at radius 3 is 2.54 bits per heavy atom. The van der Waals surface area contributed by atoms with Crippen LogP contribution in [0.3, 0.4) is 0 Å². The van der Waals surface area contributed by atoms with Crippen LogP contribution >= 0.6 is 11.8 Å². The second kappa shape index (κ2) is 7.78. The zero-order chi connectivity index (χ0) is 20.5. The number of carbonyl (C=O) groups excluding carboxylic acids is 1. The number of ether oxygens (including phenoxy) is 1. The van der Waals surface area contributed by atoms with Crippen LogP contribution in [0.1, 0.15) is 21.3 Å². The molecular formula is C17H17N3O6S2. The molecule has 1 aliphatic heterocycles. The average molecular weight is 423 g/mol. The molecule has 0 spiro atoms. The summed E-state index contributed by atoms with van der Waals surface area (Å²) in [7, 11) is -2.57. The van der Waals surface area contributed by atoms with Crippen molar-refractivity contribution < 1.29 is 22.9 Å². The number of hydrogen-bond acceptors (Lipinski definition) is 7. The summed E-state index contributed by atoms with van der Waals surface area (Å²) in [5.74, 6) is -0.0366. The summed E-state index contributed by atoms with van der Waals surface area (Å²) >= 11 is 1.42. The molecule has 11 heteroatoms. The third-order valence-corrected chi connectivity index (χ3v) is 7.54. The van der Waals surface area contributed by atoms with E-state index in [1.54, 1.807) is 12.1 Å². The Hall–Kier alpha value is -2.63. The molecule has 2 aromatic carbocycles. The molecule has 148 valence electrons. The van der Waals surface area contributed by atoms with Gasteiger partial charge in [-0.15, -0.1) is 11.8 Å². The Labute approximate surface area is 165 Å². The summed E-state index contributed by atoms with van der Waals surface area (Å²) in [6.45, 7) is 0.270. The van der Waals surface area contributed by atoms with E-state index in [1.165, 1.54) is 53.5 Å². The second-order valence-corrected chi connectivity index (χ2v) is 8.99. The zero-order valence-corrected chi connectivity index (χ0v) is 16.4. The molecule has 0 aliphatic carbocycles. The topological polar surface area (TPSA) is 133 Å². The summed E-state index contributed by atoms with van der Waals surface area (Å²) in [4.78, 5) is 21.9. The lowest BCUT2D eigenvalue weighted by atomic mass is 10.2. The molecule has 28 heavy (non-hydrogen) atoms. The zero-order valence-electron chi connectivity index (χ0n) is 14.8. The molecule has 9 nitrogen and oxygen atoms in total. The Morgan fingerprint density at radius 1 is 1.29 bits per heavy atom. The van der Waals surface area contributed by atoms with E-state index in [4.69, 9.17) is 10.5 Å². The van der Waals surface area contributed by atoms with Crippen molar-refractivity contribution in [2.24, 2.45) is 5.73 Å². The SMILES string of the molecule is COc1ccc(S(=O)(=O)N2CCSC2c2ccc([N+](=O)[O-])cc2)cc1C(N)=O. The van der Waals surface area contributed by atoms with E-state index >= 15 is 0 Å². The number of sulfonamides is 1. The van der Waals surface area contributed by atoms with Crippen LogP contribution in [-0.2, 0) is 10.0 Å². The molecule has 2 aromatic rings. The fraction of sp³-hybridized carbons (Fsp3) is 0.235. The molecule has 1 heterocycles. The average Bonchev–Trinajstić information content (AvgIpc) is 3.18. The maximum absolute atomic E-state index is 13.2. The van der Waals surface area contributed by atoms with Gasteiger partial charge in [-0.2, -0.15) is 4.31 Å². The minimum atomic E-state index is -3.93. The summed E-state index contributed by atoms with van der Waals surface area (Å²) in [6.07, 6.45) is 0. The molecule has 1 amide bonds. The van der Waals surface area contributed by atoms with Crippen molar-refractivity contribution in [1.82, 2.24) is 4.31 Å². The lowest BCUT2D eigenvalue weighted by Crippen LogP contribution is -2.30. The van der Waals surface area contributed by atoms with E-state index in [1.807, 2.05) is 0 Å². The van der Waals surface area contributed by atoms with Gasteiger partial charge in [-0.1, -0.05) is 0 Å². The number of amides is 1. The van der Waals surface area contributed by atoms with Crippen LogP contribution in [0.4, 0.5) is 5.69 Å². The Bertz CT molecular complexity index is 1020. The van der Waals surface area contributed by atoms with Gasteiger partial charge in [-0.25, -0.2) is 8.42 Å². The first-order valence-electron chi connectivity index (χ1n) is 8.11. The predicted octanol–water partition coefficient (Wildman–Crippen LogP) is 2.14. The monoisotopic (exact) mass is 423 g/mol. The minimum Gasteiger partial charge on any atom is -0.496 e. The van der Waals surface area contributed by atoms with Crippen molar-refractivity contribution in [2.75, 3.05) is 19.4 Å². The van der Waals surface area contributed by atoms with E-state index in [2.05, 4.69) is 0 Å². The maximum Gasteiger partial charge on any atom is 0.269 e. The highest BCUT2D eigenvalue weighted by Crippen LogP contribution is 2.42. The van der Waals surface area contributed by atoms with Gasteiger partial charge in [0.1, 0.15) is 5.75 Å². The molecule has 0 bridgehead atoms. The van der Waals surface area contributed by atoms with E-state index in [0.29, 0.717) is 11.3 Å². The van der Waals surface area contributed by atoms with Gasteiger partial charge in [0.2, 0.25) is 10.0 Å². The number of non-ortho nitro benzene ring substituents is 1. The molecule has 3 rings (SSSR count). The van der Waals surface area contributed by atoms with Gasteiger partial charge in [0.25, 0.3) is 11.6 Å². The van der Waals surface area contributed by atoms with E-state index < -0.39 is 26.2 Å². The van der Waals surface area contributed by atoms with Crippen molar-refractivity contribution in [3.05, 3.63) is 63.7 Å². The lowest BCUT2D eigenvalue weighted by Gasteiger charge is -2.24. The number of thioether (sulfide) groups is 1. The second-order valence-electron chi connectivity index (χ2n) is 5.91. The number of nitro groups is 1. The Kier molecular flexibility index (Phi) is 5.59. The van der Waals surface area contributed by atoms with Crippen LogP contribution in [0.2, 0.25) is 0 Å². The van der Waals surface area contributed by atoms with Crippen molar-refractivity contribution in [3.63, 3.8) is 0 Å². The fourth-order valence-corrected chi connectivity index (χ4v) is 6.17. The smallest absolute Gasteiger partial charge is 0.269 e. The van der Waals surface area contributed by atoms with Crippen molar-refractivity contribution >= 4 is 33.4 Å². The minimum absolute atomic E-state index is 0.0256. The van der Waals surface area contributed by atoms with Gasteiger partial charge in [-0.3, -0.25) is 14.9 Å². The molecule has 2 N–H and O–H groups in total. The third kappa shape index (κ3) is 3.68. The van der Waals surface area contributed by atoms with E-state index in [0.717, 1.165) is 0 Å². The largest absolute Gasteiger partial charge is 0.496 e. The van der Waals surface area contributed by atoms with Gasteiger partial charge in [0, 0.05) is 24.4 Å². The highest BCUT2D eigenvalue weighted by molar-refractivity contribution is 8.01. The van der Waals surface area contributed by atoms with Crippen molar-refractivity contribution in [3.8, 4) is 5.75 Å². The number of rotatable bonds is 6. The molecule has 0 radical (unpaired) electrons. The number of hydrogen-bond donors (Lipinski definition) is 1. The predicted molar refractivity (Wildman–Crippen MR) is 104 cm³/mol. The van der Waals surface area contributed by atoms with E-state index in [-0.39, 0.29) is 28.4 Å². The number of nitro benzene ring substituents is 1. The van der Waals surface area contributed by atoms with Crippen molar-refractivity contribution in [1.29, 1.82) is 0 Å².